The van der Waals surface area contributed by atoms with Gasteiger partial charge in [-0.15, -0.1) is 11.8 Å². The Morgan fingerprint density at radius 2 is 1.88 bits per heavy atom. The third kappa shape index (κ3) is 2.61. The first-order valence-electron chi connectivity index (χ1n) is 10.8. The number of hydrogen-bond donors (Lipinski definition) is 1. The van der Waals surface area contributed by atoms with Crippen molar-refractivity contribution < 1.29 is 19.1 Å². The first-order chi connectivity index (χ1) is 15.4. The van der Waals surface area contributed by atoms with Crippen LogP contribution in [0.2, 0.25) is 0 Å². The van der Waals surface area contributed by atoms with Crippen molar-refractivity contribution in [3.63, 3.8) is 0 Å². The number of likely N-dealkylation sites (tertiary alicyclic amines) is 1. The van der Waals surface area contributed by atoms with Crippen LogP contribution in [0.3, 0.4) is 0 Å². The third-order valence-corrected chi connectivity index (χ3v) is 10.4. The molecule has 0 radical (unpaired) electrons. The minimum absolute atomic E-state index is 0.0231. The van der Waals surface area contributed by atoms with E-state index < -0.39 is 5.97 Å². The standard InChI is InChI=1S/C23H22N2O5S2/c1-9-5-3-4-6-10(9)14-15-11-7-12(18(15)31-20-19(14)32-23(29)24-20)17-16(11)21(27)25(22(17)28)8-13(26)30-2/h3-6,11-12,14-18H,7-8H2,1-2H3,(H,24,29). The van der Waals surface area contributed by atoms with Crippen molar-refractivity contribution in [2.75, 3.05) is 13.7 Å². The molecule has 3 heterocycles. The van der Waals surface area contributed by atoms with Gasteiger partial charge in [-0.05, 0) is 42.2 Å². The largest absolute Gasteiger partial charge is 0.468 e. The molecule has 2 bridgehead atoms. The molecule has 7 nitrogen and oxygen atoms in total. The van der Waals surface area contributed by atoms with E-state index in [1.54, 1.807) is 11.8 Å². The first-order valence-corrected chi connectivity index (χ1v) is 12.5. The average Bonchev–Trinajstić information content (AvgIpc) is 3.50. The van der Waals surface area contributed by atoms with E-state index in [1.165, 1.54) is 24.0 Å². The lowest BCUT2D eigenvalue weighted by atomic mass is 9.67. The van der Waals surface area contributed by atoms with Crippen LogP contribution in [0, 0.1) is 36.5 Å². The Balaban J connectivity index is 1.44. The predicted molar refractivity (Wildman–Crippen MR) is 118 cm³/mol. The highest BCUT2D eigenvalue weighted by Crippen LogP contribution is 2.68. The van der Waals surface area contributed by atoms with E-state index in [4.69, 9.17) is 4.74 Å². The second kappa shape index (κ2) is 7.05. The highest BCUT2D eigenvalue weighted by molar-refractivity contribution is 8.00. The maximum absolute atomic E-state index is 13.3. The number of esters is 1. The summed E-state index contributed by atoms with van der Waals surface area (Å²) in [5, 5.41) is 1.06. The normalized spacial score (nSPS) is 34.4. The molecule has 6 rings (SSSR count). The van der Waals surface area contributed by atoms with E-state index in [0.29, 0.717) is 0 Å². The van der Waals surface area contributed by atoms with E-state index in [-0.39, 0.29) is 64.0 Å². The van der Waals surface area contributed by atoms with Gasteiger partial charge in [-0.25, -0.2) is 0 Å². The number of nitrogens with zero attached hydrogens (tertiary/aromatic N) is 1. The lowest BCUT2D eigenvalue weighted by Crippen LogP contribution is -2.42. The molecule has 1 aromatic carbocycles. The number of amides is 2. The van der Waals surface area contributed by atoms with Crippen molar-refractivity contribution in [1.82, 2.24) is 9.88 Å². The molecule has 7 unspecified atom stereocenters. The number of ether oxygens (including phenoxy) is 1. The Hall–Kier alpha value is -2.39. The maximum Gasteiger partial charge on any atom is 0.325 e. The van der Waals surface area contributed by atoms with Crippen LogP contribution < -0.4 is 4.87 Å². The second-order valence-electron chi connectivity index (χ2n) is 9.16. The van der Waals surface area contributed by atoms with Gasteiger partial charge >= 0.3 is 10.8 Å². The van der Waals surface area contributed by atoms with E-state index in [2.05, 4.69) is 24.0 Å². The van der Waals surface area contributed by atoms with E-state index in [0.717, 1.165) is 26.8 Å². The molecule has 2 aromatic rings. The summed E-state index contributed by atoms with van der Waals surface area (Å²) in [4.78, 5) is 55.7. The van der Waals surface area contributed by atoms with E-state index >= 15 is 0 Å². The van der Waals surface area contributed by atoms with E-state index in [9.17, 15) is 19.2 Å². The number of aryl methyl sites for hydroxylation is 1. The molecule has 166 valence electrons. The fourth-order valence-corrected chi connectivity index (χ4v) is 9.59. The summed E-state index contributed by atoms with van der Waals surface area (Å²) in [7, 11) is 1.26. The predicted octanol–water partition coefficient (Wildman–Crippen LogP) is 2.39. The Bertz CT molecular complexity index is 1220. The number of carbonyl (C=O) groups excluding carboxylic acids is 3. The number of hydrogen-bond acceptors (Lipinski definition) is 7. The summed E-state index contributed by atoms with van der Waals surface area (Å²) in [5.74, 6) is -1.52. The van der Waals surface area contributed by atoms with Gasteiger partial charge in [-0.3, -0.25) is 24.1 Å². The van der Waals surface area contributed by atoms with Gasteiger partial charge in [-0.1, -0.05) is 35.6 Å². The van der Waals surface area contributed by atoms with Crippen LogP contribution in [-0.4, -0.2) is 46.6 Å². The summed E-state index contributed by atoms with van der Waals surface area (Å²) in [6.45, 7) is 1.77. The highest BCUT2D eigenvalue weighted by Gasteiger charge is 2.69. The Labute approximate surface area is 192 Å². The fourth-order valence-electron chi connectivity index (χ4n) is 6.71. The van der Waals surface area contributed by atoms with Gasteiger partial charge in [0.25, 0.3) is 0 Å². The van der Waals surface area contributed by atoms with Crippen LogP contribution >= 0.6 is 23.1 Å². The number of aromatic amines is 1. The van der Waals surface area contributed by atoms with Crippen LogP contribution in [0.5, 0.6) is 0 Å². The zero-order valence-corrected chi connectivity index (χ0v) is 19.2. The number of benzene rings is 1. The number of rotatable bonds is 3. The van der Waals surface area contributed by atoms with Gasteiger partial charge in [0.05, 0.1) is 24.0 Å². The average molecular weight is 471 g/mol. The van der Waals surface area contributed by atoms with Gasteiger partial charge in [0.2, 0.25) is 11.8 Å². The first kappa shape index (κ1) is 20.2. The number of thioether (sulfide) groups is 1. The molecule has 32 heavy (non-hydrogen) atoms. The molecule has 2 aliphatic carbocycles. The number of carbonyl (C=O) groups is 3. The Morgan fingerprint density at radius 3 is 2.59 bits per heavy atom. The summed E-state index contributed by atoms with van der Waals surface area (Å²) < 4.78 is 4.70. The minimum atomic E-state index is -0.580. The number of thiazole rings is 1. The monoisotopic (exact) mass is 470 g/mol. The van der Waals surface area contributed by atoms with Crippen molar-refractivity contribution in [3.8, 4) is 0 Å². The molecule has 1 N–H and O–H groups in total. The molecule has 9 heteroatoms. The van der Waals surface area contributed by atoms with Gasteiger partial charge in [0.1, 0.15) is 6.54 Å². The van der Waals surface area contributed by atoms with Crippen LogP contribution in [-0.2, 0) is 19.1 Å². The van der Waals surface area contributed by atoms with Crippen molar-refractivity contribution in [2.24, 2.45) is 29.6 Å². The van der Waals surface area contributed by atoms with Gasteiger partial charge in [-0.2, -0.15) is 0 Å². The molecule has 2 amide bonds. The summed E-state index contributed by atoms with van der Waals surface area (Å²) in [5.41, 5.74) is 2.35. The SMILES string of the molecule is COC(=O)CN1C(=O)C2C3CC(C2C1=O)C1C(c2ccccc2C)c2sc(=O)[nH]c2SC31. The van der Waals surface area contributed by atoms with Gasteiger partial charge in [0, 0.05) is 16.0 Å². The third-order valence-electron chi connectivity index (χ3n) is 7.85. The molecule has 0 spiro atoms. The molecule has 2 aliphatic heterocycles. The molecule has 1 saturated heterocycles. The quantitative estimate of drug-likeness (QED) is 0.547. The molecular weight excluding hydrogens is 448 g/mol. The Kier molecular flexibility index (Phi) is 4.46. The second-order valence-corrected chi connectivity index (χ2v) is 11.4. The van der Waals surface area contributed by atoms with Gasteiger partial charge < -0.3 is 9.72 Å². The van der Waals surface area contributed by atoms with Gasteiger partial charge in [0.15, 0.2) is 0 Å². The number of fused-ring (bicyclic) bond motifs is 9. The number of methoxy groups -OCH3 is 1. The molecular formula is C23H22N2O5S2. The number of H-pyrrole nitrogens is 1. The van der Waals surface area contributed by atoms with Crippen molar-refractivity contribution in [2.45, 2.75) is 29.5 Å². The zero-order valence-electron chi connectivity index (χ0n) is 17.6. The van der Waals surface area contributed by atoms with Crippen molar-refractivity contribution in [3.05, 3.63) is 49.9 Å². The van der Waals surface area contributed by atoms with Crippen molar-refractivity contribution in [1.29, 1.82) is 0 Å². The number of nitrogens with one attached hydrogen (secondary N) is 1. The minimum Gasteiger partial charge on any atom is -0.468 e. The van der Waals surface area contributed by atoms with Crippen LogP contribution in [0.4, 0.5) is 0 Å². The number of imide groups is 1. The molecule has 2 saturated carbocycles. The zero-order chi connectivity index (χ0) is 22.3. The summed E-state index contributed by atoms with van der Waals surface area (Å²) >= 11 is 2.93. The van der Waals surface area contributed by atoms with Crippen LogP contribution in [0.15, 0.2) is 34.1 Å². The summed E-state index contributed by atoms with van der Waals surface area (Å²) in [6, 6.07) is 8.23. The maximum atomic E-state index is 13.3. The fraction of sp³-hybridized carbons (Fsp3) is 0.478. The summed E-state index contributed by atoms with van der Waals surface area (Å²) in [6.07, 6.45) is 0.836. The molecule has 3 fully saturated rings. The molecule has 1 aromatic heterocycles. The molecule has 7 atom stereocenters. The van der Waals surface area contributed by atoms with Crippen LogP contribution in [0.25, 0.3) is 0 Å². The smallest absolute Gasteiger partial charge is 0.325 e. The lowest BCUT2D eigenvalue weighted by Gasteiger charge is -2.43. The highest BCUT2D eigenvalue weighted by atomic mass is 32.2. The topological polar surface area (TPSA) is 96.5 Å². The van der Waals surface area contributed by atoms with Crippen molar-refractivity contribution >= 4 is 40.9 Å². The molecule has 4 aliphatic rings. The lowest BCUT2D eigenvalue weighted by molar-refractivity contribution is -0.151. The van der Waals surface area contributed by atoms with Crippen LogP contribution in [0.1, 0.15) is 28.3 Å². The van der Waals surface area contributed by atoms with E-state index in [1.807, 2.05) is 12.1 Å². The number of aromatic nitrogens is 1. The Morgan fingerprint density at radius 1 is 1.16 bits per heavy atom.